The highest BCUT2D eigenvalue weighted by atomic mass is 35.5. The van der Waals surface area contributed by atoms with E-state index in [1.165, 1.54) is 19.4 Å². The number of ether oxygens (including phenoxy) is 1. The van der Waals surface area contributed by atoms with E-state index in [0.717, 1.165) is 11.1 Å². The van der Waals surface area contributed by atoms with Crippen LogP contribution in [-0.4, -0.2) is 39.7 Å². The zero-order valence-electron chi connectivity index (χ0n) is 15.5. The molecule has 0 aromatic carbocycles. The number of halogens is 2. The number of hydrogen-bond acceptors (Lipinski definition) is 6. The lowest BCUT2D eigenvalue weighted by Crippen LogP contribution is -2.28. The van der Waals surface area contributed by atoms with Crippen LogP contribution in [0.15, 0.2) is 42.9 Å². The van der Waals surface area contributed by atoms with Crippen LogP contribution in [0, 0.1) is 11.7 Å². The summed E-state index contributed by atoms with van der Waals surface area (Å²) in [6, 6.07) is 6.76. The van der Waals surface area contributed by atoms with Gasteiger partial charge in [-0.1, -0.05) is 11.6 Å². The van der Waals surface area contributed by atoms with E-state index in [1.807, 2.05) is 12.1 Å². The van der Waals surface area contributed by atoms with Gasteiger partial charge in [0.05, 0.1) is 19.5 Å². The van der Waals surface area contributed by atoms with Crippen LogP contribution in [0.4, 0.5) is 10.2 Å². The zero-order valence-corrected chi connectivity index (χ0v) is 16.3. The fraction of sp³-hybridized carbons (Fsp3) is 0.250. The molecular formula is C20H17ClFN5O2. The Morgan fingerprint density at radius 2 is 2.14 bits per heavy atom. The number of amides is 1. The highest BCUT2D eigenvalue weighted by molar-refractivity contribution is 6.29. The molecule has 3 aromatic heterocycles. The van der Waals surface area contributed by atoms with Gasteiger partial charge >= 0.3 is 0 Å². The van der Waals surface area contributed by atoms with Crippen molar-refractivity contribution in [3.8, 4) is 17.0 Å². The van der Waals surface area contributed by atoms with Crippen molar-refractivity contribution in [3.63, 3.8) is 0 Å². The minimum absolute atomic E-state index is 0.0618. The zero-order chi connectivity index (χ0) is 20.4. The summed E-state index contributed by atoms with van der Waals surface area (Å²) in [6.45, 7) is 0.527. The fourth-order valence-corrected chi connectivity index (χ4v) is 3.52. The van der Waals surface area contributed by atoms with Crippen LogP contribution in [-0.2, 0) is 11.2 Å². The molecule has 0 aliphatic carbocycles. The molecule has 1 aliphatic heterocycles. The van der Waals surface area contributed by atoms with Crippen molar-refractivity contribution in [2.45, 2.75) is 12.8 Å². The highest BCUT2D eigenvalue weighted by Crippen LogP contribution is 2.33. The first-order valence-electron chi connectivity index (χ1n) is 9.00. The average Bonchev–Trinajstić information content (AvgIpc) is 3.11. The van der Waals surface area contributed by atoms with Crippen LogP contribution in [0.3, 0.4) is 0 Å². The molecule has 9 heteroatoms. The van der Waals surface area contributed by atoms with E-state index in [-0.39, 0.29) is 17.0 Å². The van der Waals surface area contributed by atoms with Crippen LogP contribution in [0.2, 0.25) is 5.15 Å². The molecule has 1 amide bonds. The van der Waals surface area contributed by atoms with Gasteiger partial charge in [-0.05, 0) is 42.7 Å². The standard InChI is InChI=1S/C20H17ClFN5O2/c1-29-19-15(14-4-6-24-25-11-14)2-3-17(26-19)27-7-5-13(20(27)28)8-12-9-16(22)18(21)23-10-12/h2-4,6,9-11,13H,5,7-8H2,1H3/t13-/m0/s1. The van der Waals surface area contributed by atoms with E-state index in [9.17, 15) is 9.18 Å². The molecule has 0 unspecified atom stereocenters. The second kappa shape index (κ2) is 8.08. The van der Waals surface area contributed by atoms with Gasteiger partial charge in [-0.3, -0.25) is 9.69 Å². The Morgan fingerprint density at radius 3 is 2.86 bits per heavy atom. The summed E-state index contributed by atoms with van der Waals surface area (Å²) in [5.41, 5.74) is 2.22. The smallest absolute Gasteiger partial charge is 0.231 e. The summed E-state index contributed by atoms with van der Waals surface area (Å²) >= 11 is 5.63. The van der Waals surface area contributed by atoms with Crippen LogP contribution in [0.5, 0.6) is 5.88 Å². The quantitative estimate of drug-likeness (QED) is 0.597. The number of nitrogens with zero attached hydrogens (tertiary/aromatic N) is 5. The van der Waals surface area contributed by atoms with Crippen LogP contribution in [0.25, 0.3) is 11.1 Å². The van der Waals surface area contributed by atoms with E-state index in [2.05, 4.69) is 20.2 Å². The maximum atomic E-state index is 13.6. The van der Waals surface area contributed by atoms with Gasteiger partial charge in [0.15, 0.2) is 11.0 Å². The lowest BCUT2D eigenvalue weighted by Gasteiger charge is -2.18. The number of rotatable bonds is 5. The molecule has 4 rings (SSSR count). The number of hydrogen-bond donors (Lipinski definition) is 0. The molecule has 0 saturated carbocycles. The Labute approximate surface area is 171 Å². The Morgan fingerprint density at radius 1 is 1.28 bits per heavy atom. The first-order chi connectivity index (χ1) is 14.1. The molecule has 0 spiro atoms. The molecule has 1 saturated heterocycles. The first-order valence-corrected chi connectivity index (χ1v) is 9.38. The van der Waals surface area contributed by atoms with E-state index in [1.54, 1.807) is 23.4 Å². The number of aromatic nitrogens is 4. The number of methoxy groups -OCH3 is 1. The molecule has 1 fully saturated rings. The molecule has 29 heavy (non-hydrogen) atoms. The third-order valence-electron chi connectivity index (χ3n) is 4.86. The number of anilines is 1. The minimum atomic E-state index is -0.584. The monoisotopic (exact) mass is 413 g/mol. The largest absolute Gasteiger partial charge is 0.480 e. The third-order valence-corrected chi connectivity index (χ3v) is 5.14. The van der Waals surface area contributed by atoms with Crippen molar-refractivity contribution in [2.24, 2.45) is 5.92 Å². The van der Waals surface area contributed by atoms with Crippen molar-refractivity contribution in [1.29, 1.82) is 0 Å². The van der Waals surface area contributed by atoms with Gasteiger partial charge in [-0.25, -0.2) is 9.37 Å². The summed E-state index contributed by atoms with van der Waals surface area (Å²) in [7, 11) is 1.53. The normalized spacial score (nSPS) is 16.3. The topological polar surface area (TPSA) is 81.1 Å². The number of carbonyl (C=O) groups excluding carboxylic acids is 1. The summed E-state index contributed by atoms with van der Waals surface area (Å²) in [6.07, 6.45) is 5.75. The Kier molecular flexibility index (Phi) is 5.35. The van der Waals surface area contributed by atoms with Crippen LogP contribution in [0.1, 0.15) is 12.0 Å². The van der Waals surface area contributed by atoms with Crippen molar-refractivity contribution < 1.29 is 13.9 Å². The minimum Gasteiger partial charge on any atom is -0.480 e. The molecule has 1 aliphatic rings. The fourth-order valence-electron chi connectivity index (χ4n) is 3.42. The Balaban J connectivity index is 1.54. The van der Waals surface area contributed by atoms with E-state index in [0.29, 0.717) is 36.6 Å². The summed E-state index contributed by atoms with van der Waals surface area (Å²) in [4.78, 5) is 22.9. The first kappa shape index (κ1) is 19.2. The molecule has 7 nitrogen and oxygen atoms in total. The molecule has 0 radical (unpaired) electrons. The second-order valence-electron chi connectivity index (χ2n) is 6.65. The molecule has 148 valence electrons. The summed E-state index contributed by atoms with van der Waals surface area (Å²) < 4.78 is 19.1. The third kappa shape index (κ3) is 3.88. The molecule has 3 aromatic rings. The molecule has 1 atom stereocenters. The van der Waals surface area contributed by atoms with Crippen LogP contribution >= 0.6 is 11.6 Å². The number of carbonyl (C=O) groups is 1. The number of pyridine rings is 2. The van der Waals surface area contributed by atoms with Crippen LogP contribution < -0.4 is 9.64 Å². The lowest BCUT2D eigenvalue weighted by molar-refractivity contribution is -0.120. The molecule has 0 bridgehead atoms. The van der Waals surface area contributed by atoms with Gasteiger partial charge in [-0.2, -0.15) is 15.2 Å². The maximum Gasteiger partial charge on any atom is 0.231 e. The van der Waals surface area contributed by atoms with Gasteiger partial charge in [0.1, 0.15) is 5.82 Å². The van der Waals surface area contributed by atoms with Gasteiger partial charge < -0.3 is 4.74 Å². The highest BCUT2D eigenvalue weighted by Gasteiger charge is 2.33. The van der Waals surface area contributed by atoms with Gasteiger partial charge in [-0.15, -0.1) is 0 Å². The van der Waals surface area contributed by atoms with Crippen molar-refractivity contribution in [3.05, 3.63) is 59.4 Å². The Bertz CT molecular complexity index is 1050. The van der Waals surface area contributed by atoms with Crippen molar-refractivity contribution in [1.82, 2.24) is 20.2 Å². The van der Waals surface area contributed by atoms with E-state index < -0.39 is 5.82 Å². The van der Waals surface area contributed by atoms with E-state index >= 15 is 0 Å². The molecule has 4 heterocycles. The maximum absolute atomic E-state index is 13.6. The predicted molar refractivity (Wildman–Crippen MR) is 105 cm³/mol. The molecule has 0 N–H and O–H groups in total. The second-order valence-corrected chi connectivity index (χ2v) is 7.01. The summed E-state index contributed by atoms with van der Waals surface area (Å²) in [5.74, 6) is -0.00204. The molecular weight excluding hydrogens is 397 g/mol. The SMILES string of the molecule is COc1nc(N2CC[C@@H](Cc3cnc(Cl)c(F)c3)C2=O)ccc1-c1ccnnc1. The van der Waals surface area contributed by atoms with Gasteiger partial charge in [0.25, 0.3) is 0 Å². The predicted octanol–water partition coefficient (Wildman–Crippen LogP) is 3.33. The van der Waals surface area contributed by atoms with Crippen molar-refractivity contribution in [2.75, 3.05) is 18.6 Å². The van der Waals surface area contributed by atoms with E-state index in [4.69, 9.17) is 16.3 Å². The van der Waals surface area contributed by atoms with Gasteiger partial charge in [0, 0.05) is 29.8 Å². The van der Waals surface area contributed by atoms with Gasteiger partial charge in [0.2, 0.25) is 11.8 Å². The lowest BCUT2D eigenvalue weighted by atomic mass is 9.99. The summed E-state index contributed by atoms with van der Waals surface area (Å²) in [5, 5.41) is 7.47. The Hall–Kier alpha value is -3.13. The van der Waals surface area contributed by atoms with Crippen molar-refractivity contribution >= 4 is 23.3 Å². The average molecular weight is 414 g/mol.